The lowest BCUT2D eigenvalue weighted by atomic mass is 9.95. The predicted octanol–water partition coefficient (Wildman–Crippen LogP) is 0.833. The molecule has 2 rings (SSSR count). The highest BCUT2D eigenvalue weighted by Crippen LogP contribution is 2.19. The van der Waals surface area contributed by atoms with Crippen molar-refractivity contribution in [2.75, 3.05) is 32.7 Å². The molecule has 18 heavy (non-hydrogen) atoms. The van der Waals surface area contributed by atoms with Crippen LogP contribution in [0.1, 0.15) is 33.1 Å². The van der Waals surface area contributed by atoms with E-state index in [4.69, 9.17) is 0 Å². The van der Waals surface area contributed by atoms with Crippen LogP contribution in [-0.4, -0.2) is 49.6 Å². The second-order valence-electron chi connectivity index (χ2n) is 6.14. The second kappa shape index (κ2) is 6.53. The Morgan fingerprint density at radius 2 is 2.22 bits per heavy atom. The van der Waals surface area contributed by atoms with Gasteiger partial charge in [-0.05, 0) is 44.2 Å². The minimum atomic E-state index is 0.0978. The van der Waals surface area contributed by atoms with Crippen molar-refractivity contribution < 1.29 is 4.79 Å². The van der Waals surface area contributed by atoms with Gasteiger partial charge < -0.3 is 10.6 Å². The van der Waals surface area contributed by atoms with E-state index >= 15 is 0 Å². The van der Waals surface area contributed by atoms with Crippen LogP contribution in [0.3, 0.4) is 0 Å². The summed E-state index contributed by atoms with van der Waals surface area (Å²) in [5.74, 6) is 1.53. The van der Waals surface area contributed by atoms with Crippen molar-refractivity contribution in [2.24, 2.45) is 11.8 Å². The third-order valence-electron chi connectivity index (χ3n) is 4.03. The van der Waals surface area contributed by atoms with Gasteiger partial charge in [-0.15, -0.1) is 0 Å². The topological polar surface area (TPSA) is 44.4 Å². The van der Waals surface area contributed by atoms with Crippen molar-refractivity contribution in [1.82, 2.24) is 15.5 Å². The van der Waals surface area contributed by atoms with Gasteiger partial charge in [-0.1, -0.05) is 13.8 Å². The van der Waals surface area contributed by atoms with Crippen LogP contribution in [0.4, 0.5) is 0 Å². The van der Waals surface area contributed by atoms with Crippen LogP contribution in [0.5, 0.6) is 0 Å². The average molecular weight is 253 g/mol. The number of piperidine rings is 1. The molecule has 2 N–H and O–H groups in total. The minimum Gasteiger partial charge on any atom is -0.353 e. The summed E-state index contributed by atoms with van der Waals surface area (Å²) in [6, 6.07) is 0.0978. The summed E-state index contributed by atoms with van der Waals surface area (Å²) in [5.41, 5.74) is 0. The number of hydrogen-bond acceptors (Lipinski definition) is 3. The van der Waals surface area contributed by atoms with Gasteiger partial charge >= 0.3 is 0 Å². The van der Waals surface area contributed by atoms with Crippen molar-refractivity contribution in [1.29, 1.82) is 0 Å². The van der Waals surface area contributed by atoms with Crippen molar-refractivity contribution in [3.05, 3.63) is 0 Å². The summed E-state index contributed by atoms with van der Waals surface area (Å²) in [4.78, 5) is 14.4. The van der Waals surface area contributed by atoms with Gasteiger partial charge in [0.15, 0.2) is 0 Å². The highest BCUT2D eigenvalue weighted by molar-refractivity contribution is 5.82. The molecule has 1 amide bonds. The van der Waals surface area contributed by atoms with Gasteiger partial charge in [-0.3, -0.25) is 9.69 Å². The molecule has 0 aliphatic carbocycles. The summed E-state index contributed by atoms with van der Waals surface area (Å²) in [6.45, 7) is 9.58. The van der Waals surface area contributed by atoms with Gasteiger partial charge in [0.25, 0.3) is 0 Å². The van der Waals surface area contributed by atoms with Gasteiger partial charge in [0, 0.05) is 19.6 Å². The molecule has 2 unspecified atom stereocenters. The lowest BCUT2D eigenvalue weighted by Gasteiger charge is -2.38. The quantitative estimate of drug-likeness (QED) is 0.780. The second-order valence-corrected chi connectivity index (χ2v) is 6.14. The number of carbonyl (C=O) groups is 1. The molecule has 2 aliphatic heterocycles. The fourth-order valence-electron chi connectivity index (χ4n) is 3.09. The minimum absolute atomic E-state index is 0.0978. The molecule has 0 bridgehead atoms. The van der Waals surface area contributed by atoms with E-state index < -0.39 is 0 Å². The molecule has 0 saturated carbocycles. The predicted molar refractivity (Wildman–Crippen MR) is 73.4 cm³/mol. The summed E-state index contributed by atoms with van der Waals surface area (Å²) < 4.78 is 0. The molecule has 0 radical (unpaired) electrons. The van der Waals surface area contributed by atoms with E-state index in [0.29, 0.717) is 5.92 Å². The van der Waals surface area contributed by atoms with E-state index in [0.717, 1.165) is 45.1 Å². The Morgan fingerprint density at radius 1 is 1.39 bits per heavy atom. The van der Waals surface area contributed by atoms with Crippen molar-refractivity contribution in [3.63, 3.8) is 0 Å². The first kappa shape index (κ1) is 13.8. The van der Waals surface area contributed by atoms with Crippen LogP contribution < -0.4 is 10.6 Å². The lowest BCUT2D eigenvalue weighted by Crippen LogP contribution is -2.57. The zero-order valence-electron chi connectivity index (χ0n) is 11.7. The smallest absolute Gasteiger partial charge is 0.237 e. The Labute approximate surface area is 110 Å². The number of hydrogen-bond donors (Lipinski definition) is 2. The van der Waals surface area contributed by atoms with Crippen molar-refractivity contribution in [2.45, 2.75) is 39.2 Å². The van der Waals surface area contributed by atoms with Gasteiger partial charge in [0.05, 0.1) is 6.04 Å². The van der Waals surface area contributed by atoms with E-state index in [1.165, 1.54) is 12.8 Å². The molecule has 4 nitrogen and oxygen atoms in total. The third-order valence-corrected chi connectivity index (χ3v) is 4.03. The third kappa shape index (κ3) is 3.69. The summed E-state index contributed by atoms with van der Waals surface area (Å²) >= 11 is 0. The van der Waals surface area contributed by atoms with Crippen LogP contribution in [0.2, 0.25) is 0 Å². The van der Waals surface area contributed by atoms with E-state index in [9.17, 15) is 4.79 Å². The zero-order valence-corrected chi connectivity index (χ0v) is 11.7. The maximum Gasteiger partial charge on any atom is 0.237 e. The first-order valence-electron chi connectivity index (χ1n) is 7.39. The first-order valence-corrected chi connectivity index (χ1v) is 7.39. The highest BCUT2D eigenvalue weighted by Gasteiger charge is 2.31. The van der Waals surface area contributed by atoms with E-state index in [1.54, 1.807) is 0 Å². The molecule has 2 saturated heterocycles. The fourth-order valence-corrected chi connectivity index (χ4v) is 3.09. The van der Waals surface area contributed by atoms with Gasteiger partial charge in [0.2, 0.25) is 5.91 Å². The number of nitrogens with zero attached hydrogens (tertiary/aromatic N) is 1. The molecule has 0 spiro atoms. The standard InChI is InChI=1S/C14H27N3O/c1-11(2)8-13-14(18)16-6-7-17(13)10-12-4-3-5-15-9-12/h11-13,15H,3-10H2,1-2H3,(H,16,18). The van der Waals surface area contributed by atoms with Gasteiger partial charge in [0.1, 0.15) is 0 Å². The Morgan fingerprint density at radius 3 is 2.89 bits per heavy atom. The van der Waals surface area contributed by atoms with E-state index in [-0.39, 0.29) is 11.9 Å². The van der Waals surface area contributed by atoms with Crippen LogP contribution in [0.25, 0.3) is 0 Å². The summed E-state index contributed by atoms with van der Waals surface area (Å²) in [7, 11) is 0. The van der Waals surface area contributed by atoms with Gasteiger partial charge in [-0.25, -0.2) is 0 Å². The highest BCUT2D eigenvalue weighted by atomic mass is 16.2. The van der Waals surface area contributed by atoms with Crippen molar-refractivity contribution in [3.8, 4) is 0 Å². The van der Waals surface area contributed by atoms with Crippen LogP contribution in [0.15, 0.2) is 0 Å². The molecule has 104 valence electrons. The molecular formula is C14H27N3O. The summed E-state index contributed by atoms with van der Waals surface area (Å²) in [6.07, 6.45) is 3.56. The maximum absolute atomic E-state index is 12.0. The van der Waals surface area contributed by atoms with Gasteiger partial charge in [-0.2, -0.15) is 0 Å². The van der Waals surface area contributed by atoms with Crippen LogP contribution in [-0.2, 0) is 4.79 Å². The Kier molecular flexibility index (Phi) is 5.01. The number of amides is 1. The SMILES string of the molecule is CC(C)CC1C(=O)NCCN1CC1CCCNC1. The molecule has 2 atom stereocenters. The van der Waals surface area contributed by atoms with E-state index in [2.05, 4.69) is 29.4 Å². The zero-order chi connectivity index (χ0) is 13.0. The van der Waals surface area contributed by atoms with Crippen molar-refractivity contribution >= 4 is 5.91 Å². The number of rotatable bonds is 4. The Balaban J connectivity index is 1.91. The molecule has 2 fully saturated rings. The van der Waals surface area contributed by atoms with Crippen LogP contribution in [0, 0.1) is 11.8 Å². The number of nitrogens with one attached hydrogen (secondary N) is 2. The molecular weight excluding hydrogens is 226 g/mol. The average Bonchev–Trinajstić information content (AvgIpc) is 2.34. The molecule has 0 aromatic rings. The lowest BCUT2D eigenvalue weighted by molar-refractivity contribution is -0.130. The fraction of sp³-hybridized carbons (Fsp3) is 0.929. The molecule has 0 aromatic heterocycles. The molecule has 0 aromatic carbocycles. The summed E-state index contributed by atoms with van der Waals surface area (Å²) in [5, 5.41) is 6.47. The molecule has 2 heterocycles. The largest absolute Gasteiger partial charge is 0.353 e. The Bertz CT molecular complexity index is 274. The van der Waals surface area contributed by atoms with E-state index in [1.807, 2.05) is 0 Å². The Hall–Kier alpha value is -0.610. The normalized spacial score (nSPS) is 30.5. The number of piperazine rings is 1. The maximum atomic E-state index is 12.0. The molecule has 4 heteroatoms. The molecule has 2 aliphatic rings. The monoisotopic (exact) mass is 253 g/mol. The van der Waals surface area contributed by atoms with Crippen LogP contribution >= 0.6 is 0 Å². The first-order chi connectivity index (χ1) is 8.66. The number of carbonyl (C=O) groups excluding carboxylic acids is 1.